The summed E-state index contributed by atoms with van der Waals surface area (Å²) in [7, 11) is 0. The Morgan fingerprint density at radius 1 is 1.00 bits per heavy atom. The lowest BCUT2D eigenvalue weighted by Gasteiger charge is -2.23. The highest BCUT2D eigenvalue weighted by atomic mass is 16.5. The van der Waals surface area contributed by atoms with Crippen molar-refractivity contribution < 1.29 is 19.4 Å². The highest BCUT2D eigenvalue weighted by molar-refractivity contribution is 5.78. The maximum Gasteiger partial charge on any atom is 0.303 e. The minimum atomic E-state index is -0.801. The molecule has 0 aromatic heterocycles. The van der Waals surface area contributed by atoms with Crippen LogP contribution in [0, 0.1) is 0 Å². The molecule has 6 heteroatoms. The van der Waals surface area contributed by atoms with Crippen molar-refractivity contribution in [1.82, 2.24) is 10.2 Å². The van der Waals surface area contributed by atoms with Gasteiger partial charge in [-0.25, -0.2) is 0 Å². The molecule has 0 spiro atoms. The van der Waals surface area contributed by atoms with E-state index in [9.17, 15) is 9.59 Å². The fourth-order valence-corrected chi connectivity index (χ4v) is 3.98. The van der Waals surface area contributed by atoms with Crippen LogP contribution in [-0.4, -0.2) is 48.1 Å². The first-order valence-electron chi connectivity index (χ1n) is 11.6. The van der Waals surface area contributed by atoms with Crippen LogP contribution in [-0.2, 0) is 29.0 Å². The normalized spacial score (nSPS) is 15.9. The number of nitrogens with one attached hydrogen (secondary N) is 1. The molecule has 2 aromatic carbocycles. The molecule has 0 bridgehead atoms. The summed E-state index contributed by atoms with van der Waals surface area (Å²) in [6, 6.07) is 16.3. The van der Waals surface area contributed by atoms with E-state index in [0.717, 1.165) is 55.5 Å². The van der Waals surface area contributed by atoms with Crippen LogP contribution in [0.5, 0.6) is 5.75 Å². The Morgan fingerprint density at radius 3 is 2.66 bits per heavy atom. The van der Waals surface area contributed by atoms with Crippen molar-refractivity contribution in [2.45, 2.75) is 51.5 Å². The van der Waals surface area contributed by atoms with Crippen molar-refractivity contribution in [2.24, 2.45) is 0 Å². The van der Waals surface area contributed by atoms with Crippen molar-refractivity contribution in [2.75, 3.05) is 26.2 Å². The molecule has 2 aromatic rings. The topological polar surface area (TPSA) is 78.9 Å². The van der Waals surface area contributed by atoms with Crippen molar-refractivity contribution in [3.8, 4) is 5.75 Å². The molecular formula is C26H34N2O4. The molecule has 1 amide bonds. The number of hydrogen-bond donors (Lipinski definition) is 2. The number of amides is 1. The molecule has 2 N–H and O–H groups in total. The zero-order valence-electron chi connectivity index (χ0n) is 18.7. The predicted octanol–water partition coefficient (Wildman–Crippen LogP) is 3.82. The molecule has 172 valence electrons. The maximum atomic E-state index is 12.5. The van der Waals surface area contributed by atoms with Crippen LogP contribution in [0.4, 0.5) is 0 Å². The van der Waals surface area contributed by atoms with Gasteiger partial charge in [-0.1, -0.05) is 42.5 Å². The summed E-state index contributed by atoms with van der Waals surface area (Å²) >= 11 is 0. The van der Waals surface area contributed by atoms with Crippen LogP contribution < -0.4 is 10.1 Å². The van der Waals surface area contributed by atoms with Crippen LogP contribution in [0.25, 0.3) is 0 Å². The van der Waals surface area contributed by atoms with Gasteiger partial charge in [0.2, 0.25) is 5.91 Å². The molecule has 6 nitrogen and oxygen atoms in total. The highest BCUT2D eigenvalue weighted by Crippen LogP contribution is 2.24. The van der Waals surface area contributed by atoms with E-state index in [4.69, 9.17) is 9.84 Å². The zero-order valence-corrected chi connectivity index (χ0v) is 18.7. The number of benzene rings is 2. The number of carbonyl (C=O) groups is 2. The lowest BCUT2D eigenvalue weighted by molar-refractivity contribution is -0.137. The second-order valence-electron chi connectivity index (χ2n) is 8.39. The summed E-state index contributed by atoms with van der Waals surface area (Å²) in [5.74, 6) is 0.0784. The minimum absolute atomic E-state index is 0.0495. The van der Waals surface area contributed by atoms with E-state index in [-0.39, 0.29) is 12.3 Å². The molecule has 0 atom stereocenters. The molecule has 0 aliphatic carbocycles. The second-order valence-corrected chi connectivity index (χ2v) is 8.39. The number of aryl methyl sites for hydroxylation is 2. The van der Waals surface area contributed by atoms with Crippen molar-refractivity contribution in [1.29, 1.82) is 0 Å². The zero-order chi connectivity index (χ0) is 22.6. The Labute approximate surface area is 190 Å². The molecule has 0 radical (unpaired) electrons. The van der Waals surface area contributed by atoms with Crippen LogP contribution in [0.15, 0.2) is 48.5 Å². The maximum absolute atomic E-state index is 12.5. The van der Waals surface area contributed by atoms with Crippen molar-refractivity contribution >= 4 is 11.9 Å². The molecule has 1 heterocycles. The van der Waals surface area contributed by atoms with Gasteiger partial charge in [-0.15, -0.1) is 0 Å². The fourth-order valence-electron chi connectivity index (χ4n) is 3.98. The van der Waals surface area contributed by atoms with E-state index < -0.39 is 5.97 Å². The molecular weight excluding hydrogens is 404 g/mol. The number of nitrogens with zero attached hydrogens (tertiary/aromatic N) is 1. The SMILES string of the molecule is O=C(O)CCc1ccc2c(c1)CN(CCCc1ccccc1)CC(=O)NCCCCCO2. The summed E-state index contributed by atoms with van der Waals surface area (Å²) in [6.45, 7) is 3.07. The lowest BCUT2D eigenvalue weighted by atomic mass is 10.0. The molecule has 3 rings (SSSR count). The predicted molar refractivity (Wildman–Crippen MR) is 125 cm³/mol. The van der Waals surface area contributed by atoms with Gasteiger partial charge in [0.05, 0.1) is 13.2 Å². The van der Waals surface area contributed by atoms with Crippen molar-refractivity contribution in [3.63, 3.8) is 0 Å². The number of hydrogen-bond acceptors (Lipinski definition) is 4. The summed E-state index contributed by atoms with van der Waals surface area (Å²) in [4.78, 5) is 25.7. The largest absolute Gasteiger partial charge is 0.493 e. The highest BCUT2D eigenvalue weighted by Gasteiger charge is 2.16. The first kappa shape index (κ1) is 23.8. The quantitative estimate of drug-likeness (QED) is 0.687. The van der Waals surface area contributed by atoms with Gasteiger partial charge in [0, 0.05) is 25.1 Å². The van der Waals surface area contributed by atoms with Crippen molar-refractivity contribution in [3.05, 3.63) is 65.2 Å². The number of carboxylic acid groups (broad SMARTS) is 1. The Kier molecular flexibility index (Phi) is 9.57. The van der Waals surface area contributed by atoms with Gasteiger partial charge in [-0.3, -0.25) is 14.5 Å². The fraction of sp³-hybridized carbons (Fsp3) is 0.462. The van der Waals surface area contributed by atoms with Crippen LogP contribution in [0.2, 0.25) is 0 Å². The smallest absolute Gasteiger partial charge is 0.303 e. The average Bonchev–Trinajstić information content (AvgIpc) is 2.79. The Hall–Kier alpha value is -2.86. The first-order valence-corrected chi connectivity index (χ1v) is 11.6. The third-order valence-corrected chi connectivity index (χ3v) is 5.70. The minimum Gasteiger partial charge on any atom is -0.493 e. The second kappa shape index (κ2) is 12.9. The van der Waals surface area contributed by atoms with Gasteiger partial charge in [-0.2, -0.15) is 0 Å². The Morgan fingerprint density at radius 2 is 1.84 bits per heavy atom. The summed E-state index contributed by atoms with van der Waals surface area (Å²) < 4.78 is 6.08. The van der Waals surface area contributed by atoms with E-state index in [2.05, 4.69) is 22.3 Å². The number of aliphatic carboxylic acids is 1. The van der Waals surface area contributed by atoms with E-state index in [1.807, 2.05) is 36.4 Å². The van der Waals surface area contributed by atoms with Crippen LogP contribution in [0.1, 0.15) is 48.8 Å². The van der Waals surface area contributed by atoms with E-state index in [1.165, 1.54) is 5.56 Å². The van der Waals surface area contributed by atoms with Gasteiger partial charge < -0.3 is 15.2 Å². The molecule has 1 aliphatic rings. The third-order valence-electron chi connectivity index (χ3n) is 5.70. The standard InChI is InChI=1S/C26H34N2O4/c29-25-20-28(16-7-10-21-8-3-1-4-9-21)19-23-18-22(12-14-26(30)31)11-13-24(23)32-17-6-2-5-15-27-25/h1,3-4,8-9,11,13,18H,2,5-7,10,12,14-17,19-20H2,(H,27,29)(H,30,31). The summed E-state index contributed by atoms with van der Waals surface area (Å²) in [5.41, 5.74) is 3.29. The number of rotatable bonds is 7. The number of fused-ring (bicyclic) bond motifs is 1. The number of carbonyl (C=O) groups excluding carboxylic acids is 1. The molecule has 0 saturated carbocycles. The van der Waals surface area contributed by atoms with Gasteiger partial charge in [-0.05, 0) is 62.3 Å². The summed E-state index contributed by atoms with van der Waals surface area (Å²) in [6.07, 6.45) is 5.39. The van der Waals surface area contributed by atoms with Gasteiger partial charge >= 0.3 is 5.97 Å². The first-order chi connectivity index (χ1) is 15.6. The third kappa shape index (κ3) is 8.35. The monoisotopic (exact) mass is 438 g/mol. The van der Waals surface area contributed by atoms with E-state index >= 15 is 0 Å². The van der Waals surface area contributed by atoms with E-state index in [0.29, 0.717) is 32.7 Å². The molecule has 0 saturated heterocycles. The van der Waals surface area contributed by atoms with Crippen LogP contribution in [0.3, 0.4) is 0 Å². The Balaban J connectivity index is 1.74. The number of carboxylic acids is 1. The number of ether oxygens (including phenoxy) is 1. The summed E-state index contributed by atoms with van der Waals surface area (Å²) in [5, 5.41) is 12.1. The Bertz CT molecular complexity index is 869. The lowest BCUT2D eigenvalue weighted by Crippen LogP contribution is -2.38. The average molecular weight is 439 g/mol. The van der Waals surface area contributed by atoms with Gasteiger partial charge in [0.1, 0.15) is 5.75 Å². The molecule has 1 aliphatic heterocycles. The molecule has 0 unspecified atom stereocenters. The molecule has 0 fully saturated rings. The molecule has 32 heavy (non-hydrogen) atoms. The van der Waals surface area contributed by atoms with Gasteiger partial charge in [0.15, 0.2) is 0 Å². The van der Waals surface area contributed by atoms with Gasteiger partial charge in [0.25, 0.3) is 0 Å². The van der Waals surface area contributed by atoms with Crippen LogP contribution >= 0.6 is 0 Å². The van der Waals surface area contributed by atoms with E-state index in [1.54, 1.807) is 0 Å².